The summed E-state index contributed by atoms with van der Waals surface area (Å²) in [6.07, 6.45) is -3.62. The van der Waals surface area contributed by atoms with Crippen molar-refractivity contribution in [2.75, 3.05) is 0 Å². The van der Waals surface area contributed by atoms with Gasteiger partial charge in [0.05, 0.1) is 18.2 Å². The molecule has 1 N–H and O–H groups in total. The lowest BCUT2D eigenvalue weighted by atomic mass is 9.92. The van der Waals surface area contributed by atoms with Gasteiger partial charge in [-0.15, -0.1) is 0 Å². The van der Waals surface area contributed by atoms with Crippen LogP contribution in [0.5, 0.6) is 0 Å². The van der Waals surface area contributed by atoms with Crippen LogP contribution < -0.4 is 0 Å². The predicted molar refractivity (Wildman–Crippen MR) is 74.9 cm³/mol. The zero-order valence-electron chi connectivity index (χ0n) is 11.9. The number of halogens is 4. The number of aromatic nitrogens is 1. The highest BCUT2D eigenvalue weighted by Gasteiger charge is 2.40. The van der Waals surface area contributed by atoms with E-state index in [0.717, 1.165) is 12.3 Å². The first kappa shape index (κ1) is 15.6. The third kappa shape index (κ3) is 2.59. The van der Waals surface area contributed by atoms with Gasteiger partial charge in [0.1, 0.15) is 5.82 Å². The predicted octanol–water partition coefficient (Wildman–Crippen LogP) is 4.56. The van der Waals surface area contributed by atoms with Crippen LogP contribution in [0.2, 0.25) is 0 Å². The first-order valence-corrected chi connectivity index (χ1v) is 6.99. The molecular formula is C16H12F4N2O. The molecule has 23 heavy (non-hydrogen) atoms. The average Bonchev–Trinajstić information content (AvgIpc) is 2.89. The molecular weight excluding hydrogens is 312 g/mol. The van der Waals surface area contributed by atoms with Gasteiger partial charge < -0.3 is 9.67 Å². The molecule has 1 aliphatic rings. The van der Waals surface area contributed by atoms with Crippen LogP contribution in [-0.4, -0.2) is 9.67 Å². The van der Waals surface area contributed by atoms with E-state index in [9.17, 15) is 22.7 Å². The van der Waals surface area contributed by atoms with E-state index in [0.29, 0.717) is 18.5 Å². The minimum absolute atomic E-state index is 0.113. The SMILES string of the molecule is [C-]#[N+]c1cc(-n2cc(C(F)(F)F)c3c2CCCC3O)ccc1F. The normalized spacial score (nSPS) is 17.7. The Bertz CT molecular complexity index is 802. The lowest BCUT2D eigenvalue weighted by molar-refractivity contribution is -0.139. The number of rotatable bonds is 1. The molecule has 0 spiro atoms. The summed E-state index contributed by atoms with van der Waals surface area (Å²) >= 11 is 0. The lowest BCUT2D eigenvalue weighted by Crippen LogP contribution is -2.15. The number of nitrogens with zero attached hydrogens (tertiary/aromatic N) is 2. The minimum atomic E-state index is -4.59. The van der Waals surface area contributed by atoms with Gasteiger partial charge in [-0.25, -0.2) is 9.24 Å². The van der Waals surface area contributed by atoms with Gasteiger partial charge in [-0.2, -0.15) is 13.2 Å². The van der Waals surface area contributed by atoms with Gasteiger partial charge >= 0.3 is 6.18 Å². The second kappa shape index (κ2) is 5.39. The maximum atomic E-state index is 13.4. The number of fused-ring (bicyclic) bond motifs is 1. The smallest absolute Gasteiger partial charge is 0.388 e. The highest BCUT2D eigenvalue weighted by molar-refractivity contribution is 5.55. The van der Waals surface area contributed by atoms with Gasteiger partial charge in [0, 0.05) is 23.1 Å². The molecule has 0 amide bonds. The maximum Gasteiger partial charge on any atom is 0.418 e. The van der Waals surface area contributed by atoms with E-state index < -0.39 is 23.7 Å². The Kier molecular flexibility index (Phi) is 3.65. The summed E-state index contributed by atoms with van der Waals surface area (Å²) in [6, 6.07) is 3.59. The zero-order chi connectivity index (χ0) is 16.8. The minimum Gasteiger partial charge on any atom is -0.388 e. The van der Waals surface area contributed by atoms with Crippen LogP contribution in [0.15, 0.2) is 24.4 Å². The molecule has 3 nitrogen and oxygen atoms in total. The second-order valence-corrected chi connectivity index (χ2v) is 5.43. The molecule has 0 saturated heterocycles. The van der Waals surface area contributed by atoms with E-state index in [4.69, 9.17) is 6.57 Å². The van der Waals surface area contributed by atoms with E-state index in [1.807, 2.05) is 0 Å². The number of hydrogen-bond acceptors (Lipinski definition) is 1. The van der Waals surface area contributed by atoms with Crippen LogP contribution in [0.25, 0.3) is 10.5 Å². The monoisotopic (exact) mass is 324 g/mol. The van der Waals surface area contributed by atoms with Gasteiger partial charge in [0.2, 0.25) is 5.69 Å². The average molecular weight is 324 g/mol. The molecule has 1 aromatic heterocycles. The van der Waals surface area contributed by atoms with Crippen LogP contribution in [0.3, 0.4) is 0 Å². The molecule has 3 rings (SSSR count). The quantitative estimate of drug-likeness (QED) is 0.605. The first-order valence-electron chi connectivity index (χ1n) is 6.99. The van der Waals surface area contributed by atoms with Crippen LogP contribution in [0.1, 0.15) is 35.8 Å². The fourth-order valence-electron chi connectivity index (χ4n) is 2.99. The summed E-state index contributed by atoms with van der Waals surface area (Å²) in [5.41, 5.74) is -0.613. The summed E-state index contributed by atoms with van der Waals surface area (Å²) in [4.78, 5) is 3.03. The van der Waals surface area contributed by atoms with Crippen molar-refractivity contribution in [1.29, 1.82) is 0 Å². The van der Waals surface area contributed by atoms with Crippen molar-refractivity contribution >= 4 is 5.69 Å². The molecule has 0 aliphatic heterocycles. The molecule has 0 fully saturated rings. The summed E-state index contributed by atoms with van der Waals surface area (Å²) in [7, 11) is 0. The van der Waals surface area contributed by atoms with Crippen molar-refractivity contribution in [1.82, 2.24) is 4.57 Å². The highest BCUT2D eigenvalue weighted by atomic mass is 19.4. The third-order valence-corrected chi connectivity index (χ3v) is 4.01. The summed E-state index contributed by atoms with van der Waals surface area (Å²) in [5.74, 6) is -0.721. The van der Waals surface area contributed by atoms with Crippen molar-refractivity contribution < 1.29 is 22.7 Å². The second-order valence-electron chi connectivity index (χ2n) is 5.43. The fraction of sp³-hybridized carbons (Fsp3) is 0.312. The third-order valence-electron chi connectivity index (χ3n) is 4.01. The number of benzene rings is 1. The lowest BCUT2D eigenvalue weighted by Gasteiger charge is -2.21. The maximum absolute atomic E-state index is 13.4. The summed E-state index contributed by atoms with van der Waals surface area (Å²) in [6.45, 7) is 6.92. The molecule has 0 saturated carbocycles. The van der Waals surface area contributed by atoms with E-state index >= 15 is 0 Å². The van der Waals surface area contributed by atoms with Crippen LogP contribution in [0.4, 0.5) is 23.2 Å². The molecule has 1 unspecified atom stereocenters. The number of alkyl halides is 3. The molecule has 1 aromatic carbocycles. The molecule has 120 valence electrons. The molecule has 1 aliphatic carbocycles. The van der Waals surface area contributed by atoms with Crippen LogP contribution >= 0.6 is 0 Å². The Morgan fingerprint density at radius 2 is 2.04 bits per heavy atom. The Hall–Kier alpha value is -2.33. The molecule has 0 radical (unpaired) electrons. The molecule has 1 heterocycles. The van der Waals surface area contributed by atoms with Gasteiger partial charge in [-0.05, 0) is 37.5 Å². The summed E-state index contributed by atoms with van der Waals surface area (Å²) in [5, 5.41) is 9.99. The first-order chi connectivity index (χ1) is 10.8. The Balaban J connectivity index is 2.23. The fourth-order valence-corrected chi connectivity index (χ4v) is 2.99. The van der Waals surface area contributed by atoms with Crippen LogP contribution in [0, 0.1) is 12.4 Å². The van der Waals surface area contributed by atoms with Crippen LogP contribution in [-0.2, 0) is 12.6 Å². The van der Waals surface area contributed by atoms with E-state index in [1.54, 1.807) is 0 Å². The number of aliphatic hydroxyl groups excluding tert-OH is 1. The molecule has 1 atom stereocenters. The topological polar surface area (TPSA) is 29.5 Å². The Morgan fingerprint density at radius 3 is 2.70 bits per heavy atom. The van der Waals surface area contributed by atoms with Gasteiger partial charge in [0.25, 0.3) is 0 Å². The van der Waals surface area contributed by atoms with Gasteiger partial charge in [0.15, 0.2) is 0 Å². The molecule has 0 bridgehead atoms. The zero-order valence-corrected chi connectivity index (χ0v) is 11.9. The standard InChI is InChI=1S/C16H12F4N2O/c1-21-12-7-9(5-6-11(12)17)22-8-10(16(18,19)20)15-13(22)3-2-4-14(15)23/h5-8,14,23H,2-4H2. The van der Waals surface area contributed by atoms with Crippen molar-refractivity contribution in [2.24, 2.45) is 0 Å². The van der Waals surface area contributed by atoms with E-state index in [-0.39, 0.29) is 23.4 Å². The summed E-state index contributed by atoms with van der Waals surface area (Å²) < 4.78 is 54.5. The molecule has 2 aromatic rings. The van der Waals surface area contributed by atoms with Gasteiger partial charge in [-0.3, -0.25) is 0 Å². The van der Waals surface area contributed by atoms with Crippen molar-refractivity contribution in [3.8, 4) is 5.69 Å². The largest absolute Gasteiger partial charge is 0.418 e. The Morgan fingerprint density at radius 1 is 1.30 bits per heavy atom. The molecule has 7 heteroatoms. The van der Waals surface area contributed by atoms with Crippen molar-refractivity contribution in [2.45, 2.75) is 31.5 Å². The van der Waals surface area contributed by atoms with E-state index in [1.165, 1.54) is 16.7 Å². The van der Waals surface area contributed by atoms with E-state index in [2.05, 4.69) is 4.85 Å². The highest BCUT2D eigenvalue weighted by Crippen LogP contribution is 2.42. The number of aliphatic hydroxyl groups is 1. The van der Waals surface area contributed by atoms with Crippen molar-refractivity contribution in [3.05, 3.63) is 58.5 Å². The van der Waals surface area contributed by atoms with Gasteiger partial charge in [-0.1, -0.05) is 0 Å². The van der Waals surface area contributed by atoms with Crippen molar-refractivity contribution in [3.63, 3.8) is 0 Å². The number of hydrogen-bond donors (Lipinski definition) is 1. The Labute approximate surface area is 129 Å².